The fourth-order valence-corrected chi connectivity index (χ4v) is 3.15. The SMILES string of the molecule is CN(C(=O)c1ccc(Cl)cc1Cl)C1CCCCCC1. The minimum Gasteiger partial charge on any atom is -0.339 e. The maximum Gasteiger partial charge on any atom is 0.255 e. The van der Waals surface area contributed by atoms with Crippen molar-refractivity contribution in [3.05, 3.63) is 33.8 Å². The minimum atomic E-state index is -0.00596. The third kappa shape index (κ3) is 3.64. The van der Waals surface area contributed by atoms with Gasteiger partial charge in [-0.15, -0.1) is 0 Å². The van der Waals surface area contributed by atoms with Crippen LogP contribution < -0.4 is 0 Å². The largest absolute Gasteiger partial charge is 0.339 e. The van der Waals surface area contributed by atoms with Crippen molar-refractivity contribution in [2.24, 2.45) is 0 Å². The molecule has 1 saturated carbocycles. The monoisotopic (exact) mass is 299 g/mol. The lowest BCUT2D eigenvalue weighted by Crippen LogP contribution is -2.36. The summed E-state index contributed by atoms with van der Waals surface area (Å²) in [5.41, 5.74) is 0.540. The summed E-state index contributed by atoms with van der Waals surface area (Å²) in [5, 5.41) is 0.983. The number of carbonyl (C=O) groups is 1. The van der Waals surface area contributed by atoms with Gasteiger partial charge in [0.25, 0.3) is 5.91 Å². The molecule has 1 aromatic carbocycles. The first-order valence-electron chi connectivity index (χ1n) is 6.82. The number of rotatable bonds is 2. The molecule has 0 aliphatic heterocycles. The van der Waals surface area contributed by atoms with E-state index in [1.807, 2.05) is 11.9 Å². The summed E-state index contributed by atoms with van der Waals surface area (Å²) >= 11 is 12.0. The Bertz CT molecular complexity index is 453. The first kappa shape index (κ1) is 14.7. The van der Waals surface area contributed by atoms with Gasteiger partial charge in [0, 0.05) is 18.1 Å². The van der Waals surface area contributed by atoms with E-state index < -0.39 is 0 Å². The Hall–Kier alpha value is -0.730. The van der Waals surface area contributed by atoms with Gasteiger partial charge in [0.05, 0.1) is 10.6 Å². The number of benzene rings is 1. The Kier molecular flexibility index (Phi) is 5.12. The molecule has 0 atom stereocenters. The third-order valence-corrected chi connectivity index (χ3v) is 4.40. The average molecular weight is 300 g/mol. The van der Waals surface area contributed by atoms with Crippen LogP contribution in [0.2, 0.25) is 10.0 Å². The summed E-state index contributed by atoms with van der Waals surface area (Å²) < 4.78 is 0. The molecular formula is C15H19Cl2NO. The number of nitrogens with zero attached hydrogens (tertiary/aromatic N) is 1. The smallest absolute Gasteiger partial charge is 0.255 e. The summed E-state index contributed by atoms with van der Waals surface area (Å²) in [5.74, 6) is -0.00596. The summed E-state index contributed by atoms with van der Waals surface area (Å²) in [6.07, 6.45) is 7.15. The van der Waals surface area contributed by atoms with Crippen LogP contribution in [0.1, 0.15) is 48.9 Å². The van der Waals surface area contributed by atoms with Crippen LogP contribution in [0.25, 0.3) is 0 Å². The average Bonchev–Trinajstić information content (AvgIpc) is 2.66. The molecule has 19 heavy (non-hydrogen) atoms. The van der Waals surface area contributed by atoms with Gasteiger partial charge in [-0.05, 0) is 31.0 Å². The fraction of sp³-hybridized carbons (Fsp3) is 0.533. The summed E-state index contributed by atoms with van der Waals surface area (Å²) in [6.45, 7) is 0. The molecule has 0 bridgehead atoms. The van der Waals surface area contributed by atoms with Crippen LogP contribution in [-0.2, 0) is 0 Å². The number of halogens is 2. The van der Waals surface area contributed by atoms with Gasteiger partial charge in [0.1, 0.15) is 0 Å². The molecule has 0 unspecified atom stereocenters. The molecule has 1 fully saturated rings. The standard InChI is InChI=1S/C15H19Cl2NO/c1-18(12-6-4-2-3-5-7-12)15(19)13-9-8-11(16)10-14(13)17/h8-10,12H,2-7H2,1H3. The minimum absolute atomic E-state index is 0.00596. The van der Waals surface area contributed by atoms with Crippen molar-refractivity contribution in [1.29, 1.82) is 0 Å². The molecule has 1 aliphatic carbocycles. The van der Waals surface area contributed by atoms with Crippen molar-refractivity contribution < 1.29 is 4.79 Å². The Morgan fingerprint density at radius 1 is 1.16 bits per heavy atom. The lowest BCUT2D eigenvalue weighted by Gasteiger charge is -2.27. The molecule has 0 heterocycles. The van der Waals surface area contributed by atoms with E-state index in [4.69, 9.17) is 23.2 Å². The number of carbonyl (C=O) groups excluding carboxylic acids is 1. The molecule has 0 N–H and O–H groups in total. The molecule has 0 radical (unpaired) electrons. The summed E-state index contributed by atoms with van der Waals surface area (Å²) in [6, 6.07) is 5.38. The molecule has 1 aromatic rings. The van der Waals surface area contributed by atoms with Crippen LogP contribution in [0.5, 0.6) is 0 Å². The lowest BCUT2D eigenvalue weighted by molar-refractivity contribution is 0.0718. The number of hydrogen-bond donors (Lipinski definition) is 0. The van der Waals surface area contributed by atoms with E-state index in [-0.39, 0.29) is 5.91 Å². The normalized spacial score (nSPS) is 17.0. The first-order chi connectivity index (χ1) is 9.09. The van der Waals surface area contributed by atoms with E-state index in [1.165, 1.54) is 25.7 Å². The number of hydrogen-bond acceptors (Lipinski definition) is 1. The second kappa shape index (κ2) is 6.62. The highest BCUT2D eigenvalue weighted by Crippen LogP contribution is 2.26. The summed E-state index contributed by atoms with van der Waals surface area (Å²) in [4.78, 5) is 14.3. The van der Waals surface area contributed by atoms with Gasteiger partial charge in [0.2, 0.25) is 0 Å². The van der Waals surface area contributed by atoms with E-state index >= 15 is 0 Å². The van der Waals surface area contributed by atoms with Crippen LogP contribution in [0.3, 0.4) is 0 Å². The van der Waals surface area contributed by atoms with Crippen molar-refractivity contribution in [3.8, 4) is 0 Å². The predicted molar refractivity (Wildman–Crippen MR) is 80.0 cm³/mol. The van der Waals surface area contributed by atoms with Gasteiger partial charge in [-0.25, -0.2) is 0 Å². The van der Waals surface area contributed by atoms with E-state index in [9.17, 15) is 4.79 Å². The zero-order valence-electron chi connectivity index (χ0n) is 11.2. The molecule has 4 heteroatoms. The van der Waals surface area contributed by atoms with Gasteiger partial charge in [-0.2, -0.15) is 0 Å². The van der Waals surface area contributed by atoms with Crippen LogP contribution in [0, 0.1) is 0 Å². The van der Waals surface area contributed by atoms with Crippen molar-refractivity contribution in [2.45, 2.75) is 44.6 Å². The highest BCUT2D eigenvalue weighted by Gasteiger charge is 2.23. The van der Waals surface area contributed by atoms with E-state index in [1.54, 1.807) is 18.2 Å². The fourth-order valence-electron chi connectivity index (χ4n) is 2.66. The van der Waals surface area contributed by atoms with Crippen LogP contribution in [0.15, 0.2) is 18.2 Å². The van der Waals surface area contributed by atoms with Crippen molar-refractivity contribution in [3.63, 3.8) is 0 Å². The molecule has 2 rings (SSSR count). The molecule has 104 valence electrons. The molecule has 2 nitrogen and oxygen atoms in total. The maximum atomic E-state index is 12.5. The Morgan fingerprint density at radius 2 is 1.79 bits per heavy atom. The molecule has 0 aromatic heterocycles. The molecule has 0 saturated heterocycles. The topological polar surface area (TPSA) is 20.3 Å². The van der Waals surface area contributed by atoms with Crippen LogP contribution >= 0.6 is 23.2 Å². The van der Waals surface area contributed by atoms with Crippen LogP contribution in [0.4, 0.5) is 0 Å². The lowest BCUT2D eigenvalue weighted by atomic mass is 10.1. The van der Waals surface area contributed by atoms with Crippen molar-refractivity contribution in [1.82, 2.24) is 4.90 Å². The van der Waals surface area contributed by atoms with E-state index in [0.29, 0.717) is 21.7 Å². The second-order valence-electron chi connectivity index (χ2n) is 5.19. The second-order valence-corrected chi connectivity index (χ2v) is 6.03. The van der Waals surface area contributed by atoms with Crippen LogP contribution in [-0.4, -0.2) is 23.9 Å². The summed E-state index contributed by atoms with van der Waals surface area (Å²) in [7, 11) is 1.88. The van der Waals surface area contributed by atoms with Crippen molar-refractivity contribution >= 4 is 29.1 Å². The van der Waals surface area contributed by atoms with E-state index in [0.717, 1.165) is 12.8 Å². The van der Waals surface area contributed by atoms with Gasteiger partial charge in [-0.1, -0.05) is 48.9 Å². The zero-order chi connectivity index (χ0) is 13.8. The number of amides is 1. The molecule has 1 amide bonds. The predicted octanol–water partition coefficient (Wildman–Crippen LogP) is 4.79. The third-order valence-electron chi connectivity index (χ3n) is 3.85. The first-order valence-corrected chi connectivity index (χ1v) is 7.57. The van der Waals surface area contributed by atoms with Gasteiger partial charge < -0.3 is 4.90 Å². The van der Waals surface area contributed by atoms with Gasteiger partial charge in [-0.3, -0.25) is 4.79 Å². The van der Waals surface area contributed by atoms with Gasteiger partial charge in [0.15, 0.2) is 0 Å². The Balaban J connectivity index is 2.13. The van der Waals surface area contributed by atoms with Gasteiger partial charge >= 0.3 is 0 Å². The van der Waals surface area contributed by atoms with Crippen molar-refractivity contribution in [2.75, 3.05) is 7.05 Å². The zero-order valence-corrected chi connectivity index (χ0v) is 12.7. The maximum absolute atomic E-state index is 12.5. The Morgan fingerprint density at radius 3 is 2.37 bits per heavy atom. The highest BCUT2D eigenvalue weighted by molar-refractivity contribution is 6.36. The quantitative estimate of drug-likeness (QED) is 0.719. The molecule has 1 aliphatic rings. The molecule has 0 spiro atoms. The Labute approximate surface area is 124 Å². The van der Waals surface area contributed by atoms with E-state index in [2.05, 4.69) is 0 Å². The molecular weight excluding hydrogens is 281 g/mol. The highest BCUT2D eigenvalue weighted by atomic mass is 35.5.